The minimum atomic E-state index is 0.660. The van der Waals surface area contributed by atoms with Crippen molar-refractivity contribution in [2.75, 3.05) is 18.0 Å². The van der Waals surface area contributed by atoms with E-state index in [4.69, 9.17) is 0 Å². The molecule has 2 aromatic rings. The second kappa shape index (κ2) is 4.95. The third kappa shape index (κ3) is 2.13. The molecule has 0 aliphatic heterocycles. The Morgan fingerprint density at radius 3 is 2.59 bits per heavy atom. The second-order valence-electron chi connectivity index (χ2n) is 3.88. The average molecular weight is 228 g/mol. The Morgan fingerprint density at radius 2 is 1.94 bits per heavy atom. The molecular weight excluding hydrogens is 212 g/mol. The highest BCUT2D eigenvalue weighted by molar-refractivity contribution is 5.91. The minimum absolute atomic E-state index is 0.660. The lowest BCUT2D eigenvalue weighted by Gasteiger charge is -2.21. The molecular formula is C14H16N2O. The van der Waals surface area contributed by atoms with Crippen molar-refractivity contribution in [3.8, 4) is 0 Å². The summed E-state index contributed by atoms with van der Waals surface area (Å²) in [7, 11) is 0. The van der Waals surface area contributed by atoms with Crippen LogP contribution in [0, 0.1) is 0 Å². The van der Waals surface area contributed by atoms with Crippen LogP contribution in [0.15, 0.2) is 30.3 Å². The van der Waals surface area contributed by atoms with Crippen LogP contribution in [0.5, 0.6) is 0 Å². The maximum Gasteiger partial charge on any atom is 0.153 e. The molecule has 2 rings (SSSR count). The highest BCUT2D eigenvalue weighted by Crippen LogP contribution is 2.22. The second-order valence-corrected chi connectivity index (χ2v) is 3.88. The maximum absolute atomic E-state index is 11.1. The molecule has 3 nitrogen and oxygen atoms in total. The van der Waals surface area contributed by atoms with Crippen LogP contribution in [-0.2, 0) is 0 Å². The van der Waals surface area contributed by atoms with Crippen molar-refractivity contribution in [2.45, 2.75) is 13.8 Å². The van der Waals surface area contributed by atoms with Crippen molar-refractivity contribution in [1.29, 1.82) is 0 Å². The molecule has 1 aromatic carbocycles. The van der Waals surface area contributed by atoms with E-state index in [1.54, 1.807) is 0 Å². The summed E-state index contributed by atoms with van der Waals surface area (Å²) in [6.45, 7) is 5.83. The summed E-state index contributed by atoms with van der Waals surface area (Å²) < 4.78 is 0. The predicted octanol–water partition coefficient (Wildman–Crippen LogP) is 2.89. The van der Waals surface area contributed by atoms with Crippen molar-refractivity contribution in [1.82, 2.24) is 4.98 Å². The fourth-order valence-electron chi connectivity index (χ4n) is 1.99. The Labute approximate surface area is 101 Å². The predicted molar refractivity (Wildman–Crippen MR) is 70.7 cm³/mol. The number of nitrogens with zero attached hydrogens (tertiary/aromatic N) is 2. The van der Waals surface area contributed by atoms with E-state index in [9.17, 15) is 4.79 Å². The highest BCUT2D eigenvalue weighted by Gasteiger charge is 2.10. The summed E-state index contributed by atoms with van der Waals surface area (Å²) in [5.74, 6) is 0.781. The normalized spacial score (nSPS) is 10.5. The quantitative estimate of drug-likeness (QED) is 0.754. The number of carbonyl (C=O) groups excluding carboxylic acids is 1. The Morgan fingerprint density at radius 1 is 1.24 bits per heavy atom. The van der Waals surface area contributed by atoms with Gasteiger partial charge in [0, 0.05) is 18.5 Å². The lowest BCUT2D eigenvalue weighted by Crippen LogP contribution is -2.24. The topological polar surface area (TPSA) is 33.2 Å². The molecule has 0 aliphatic carbocycles. The van der Waals surface area contributed by atoms with Crippen LogP contribution >= 0.6 is 0 Å². The summed E-state index contributed by atoms with van der Waals surface area (Å²) in [5.41, 5.74) is 1.59. The van der Waals surface area contributed by atoms with Gasteiger partial charge < -0.3 is 4.90 Å². The molecule has 0 saturated heterocycles. The number of fused-ring (bicyclic) bond motifs is 1. The number of hydrogen-bond donors (Lipinski definition) is 0. The number of rotatable bonds is 4. The Hall–Kier alpha value is -1.90. The van der Waals surface area contributed by atoms with Gasteiger partial charge in [0.25, 0.3) is 0 Å². The smallest absolute Gasteiger partial charge is 0.153 e. The van der Waals surface area contributed by atoms with Crippen molar-refractivity contribution in [3.05, 3.63) is 35.9 Å². The lowest BCUT2D eigenvalue weighted by atomic mass is 10.1. The molecule has 0 aliphatic rings. The van der Waals surface area contributed by atoms with Gasteiger partial charge in [0.05, 0.1) is 11.1 Å². The zero-order valence-corrected chi connectivity index (χ0v) is 10.2. The molecule has 0 spiro atoms. The zero-order valence-electron chi connectivity index (χ0n) is 10.2. The van der Waals surface area contributed by atoms with Gasteiger partial charge in [-0.25, -0.2) is 4.98 Å². The highest BCUT2D eigenvalue weighted by atomic mass is 16.1. The van der Waals surface area contributed by atoms with E-state index in [1.165, 1.54) is 0 Å². The molecule has 1 aromatic heterocycles. The number of para-hydroxylation sites is 1. The van der Waals surface area contributed by atoms with E-state index in [1.807, 2.05) is 30.3 Å². The van der Waals surface area contributed by atoms with Gasteiger partial charge in [-0.3, -0.25) is 4.79 Å². The van der Waals surface area contributed by atoms with Crippen LogP contribution in [0.3, 0.4) is 0 Å². The van der Waals surface area contributed by atoms with E-state index in [0.717, 1.165) is 36.1 Å². The SMILES string of the molecule is CCN(CC)c1nc2ccccc2cc1C=O. The van der Waals surface area contributed by atoms with E-state index in [0.29, 0.717) is 5.56 Å². The van der Waals surface area contributed by atoms with Crippen LogP contribution in [-0.4, -0.2) is 24.4 Å². The standard InChI is InChI=1S/C14H16N2O/c1-3-16(4-2)14-12(10-17)9-11-7-5-6-8-13(11)15-14/h5-10H,3-4H2,1-2H3. The van der Waals surface area contributed by atoms with Crippen LogP contribution in [0.1, 0.15) is 24.2 Å². The van der Waals surface area contributed by atoms with E-state index in [-0.39, 0.29) is 0 Å². The molecule has 0 radical (unpaired) electrons. The number of aromatic nitrogens is 1. The number of pyridine rings is 1. The molecule has 0 N–H and O–H groups in total. The Balaban J connectivity index is 2.64. The van der Waals surface area contributed by atoms with E-state index in [2.05, 4.69) is 23.7 Å². The van der Waals surface area contributed by atoms with Crippen molar-refractivity contribution < 1.29 is 4.79 Å². The lowest BCUT2D eigenvalue weighted by molar-refractivity contribution is 0.112. The zero-order chi connectivity index (χ0) is 12.3. The van der Waals surface area contributed by atoms with E-state index < -0.39 is 0 Å². The molecule has 1 heterocycles. The molecule has 0 bridgehead atoms. The van der Waals surface area contributed by atoms with Gasteiger partial charge in [-0.15, -0.1) is 0 Å². The first-order valence-electron chi connectivity index (χ1n) is 5.90. The van der Waals surface area contributed by atoms with Crippen molar-refractivity contribution >= 4 is 23.0 Å². The summed E-state index contributed by atoms with van der Waals surface area (Å²) in [6.07, 6.45) is 0.882. The molecule has 0 saturated carbocycles. The number of anilines is 1. The van der Waals surface area contributed by atoms with Crippen LogP contribution in [0.2, 0.25) is 0 Å². The van der Waals surface area contributed by atoms with Gasteiger partial charge in [0.15, 0.2) is 6.29 Å². The van der Waals surface area contributed by atoms with Crippen LogP contribution in [0.4, 0.5) is 5.82 Å². The van der Waals surface area contributed by atoms with Gasteiger partial charge in [0.1, 0.15) is 5.82 Å². The minimum Gasteiger partial charge on any atom is -0.357 e. The first-order valence-corrected chi connectivity index (χ1v) is 5.90. The third-order valence-corrected chi connectivity index (χ3v) is 2.92. The summed E-state index contributed by atoms with van der Waals surface area (Å²) in [5, 5.41) is 1.01. The summed E-state index contributed by atoms with van der Waals surface area (Å²) >= 11 is 0. The summed E-state index contributed by atoms with van der Waals surface area (Å²) in [6, 6.07) is 9.76. The van der Waals surface area contributed by atoms with Gasteiger partial charge in [0.2, 0.25) is 0 Å². The maximum atomic E-state index is 11.1. The van der Waals surface area contributed by atoms with Gasteiger partial charge in [-0.05, 0) is 26.0 Å². The molecule has 88 valence electrons. The van der Waals surface area contributed by atoms with Crippen molar-refractivity contribution in [2.24, 2.45) is 0 Å². The fourth-order valence-corrected chi connectivity index (χ4v) is 1.99. The van der Waals surface area contributed by atoms with E-state index >= 15 is 0 Å². The number of aldehydes is 1. The molecule has 0 amide bonds. The number of benzene rings is 1. The average Bonchev–Trinajstić information content (AvgIpc) is 2.39. The molecule has 3 heteroatoms. The third-order valence-electron chi connectivity index (χ3n) is 2.92. The molecule has 0 atom stereocenters. The number of carbonyl (C=O) groups is 1. The van der Waals surface area contributed by atoms with Crippen LogP contribution < -0.4 is 4.90 Å². The van der Waals surface area contributed by atoms with Gasteiger partial charge in [-0.1, -0.05) is 18.2 Å². The fraction of sp³-hybridized carbons (Fsp3) is 0.286. The first kappa shape index (κ1) is 11.6. The number of hydrogen-bond acceptors (Lipinski definition) is 3. The van der Waals surface area contributed by atoms with Gasteiger partial charge in [-0.2, -0.15) is 0 Å². The Bertz CT molecular complexity index is 533. The molecule has 17 heavy (non-hydrogen) atoms. The first-order chi connectivity index (χ1) is 8.30. The van der Waals surface area contributed by atoms with Crippen molar-refractivity contribution in [3.63, 3.8) is 0 Å². The molecule has 0 unspecified atom stereocenters. The monoisotopic (exact) mass is 228 g/mol. The van der Waals surface area contributed by atoms with Gasteiger partial charge >= 0.3 is 0 Å². The Kier molecular flexibility index (Phi) is 3.38. The largest absolute Gasteiger partial charge is 0.357 e. The van der Waals surface area contributed by atoms with Crippen LogP contribution in [0.25, 0.3) is 10.9 Å². The summed E-state index contributed by atoms with van der Waals surface area (Å²) in [4.78, 5) is 17.8. The molecule has 0 fully saturated rings.